The largest absolute Gasteiger partial charge is 0.504 e. The fraction of sp³-hybridized carbons (Fsp3) is 0. The SMILES string of the molecule is Nc1ccccc1C(=O)N/N=C/c1ccc(O)c(O)c1. The van der Waals surface area contributed by atoms with Crippen molar-refractivity contribution >= 4 is 17.8 Å². The molecule has 0 saturated carbocycles. The van der Waals surface area contributed by atoms with E-state index in [9.17, 15) is 9.90 Å². The molecule has 2 rings (SSSR count). The van der Waals surface area contributed by atoms with Crippen LogP contribution in [0.2, 0.25) is 0 Å². The standard InChI is InChI=1S/C14H13N3O3/c15-11-4-2-1-3-10(11)14(20)17-16-8-9-5-6-12(18)13(19)7-9/h1-8,18-19H,15H2,(H,17,20)/b16-8+. The summed E-state index contributed by atoms with van der Waals surface area (Å²) in [5.74, 6) is -0.904. The summed E-state index contributed by atoms with van der Waals surface area (Å²) < 4.78 is 0. The summed E-state index contributed by atoms with van der Waals surface area (Å²) >= 11 is 0. The van der Waals surface area contributed by atoms with Gasteiger partial charge in [-0.25, -0.2) is 5.43 Å². The maximum absolute atomic E-state index is 11.8. The highest BCUT2D eigenvalue weighted by Gasteiger charge is 2.07. The molecule has 0 atom stereocenters. The molecule has 0 radical (unpaired) electrons. The Balaban J connectivity index is 2.05. The normalized spacial score (nSPS) is 10.6. The Labute approximate surface area is 115 Å². The van der Waals surface area contributed by atoms with Gasteiger partial charge in [0.25, 0.3) is 5.91 Å². The molecule has 6 nitrogen and oxygen atoms in total. The van der Waals surface area contributed by atoms with Gasteiger partial charge >= 0.3 is 0 Å². The monoisotopic (exact) mass is 271 g/mol. The number of phenols is 2. The summed E-state index contributed by atoms with van der Waals surface area (Å²) in [5, 5.41) is 22.2. The molecular weight excluding hydrogens is 258 g/mol. The van der Waals surface area contributed by atoms with Crippen LogP contribution in [0.4, 0.5) is 5.69 Å². The highest BCUT2D eigenvalue weighted by molar-refractivity contribution is 5.99. The van der Waals surface area contributed by atoms with Crippen molar-refractivity contribution in [2.45, 2.75) is 0 Å². The first-order chi connectivity index (χ1) is 9.58. The van der Waals surface area contributed by atoms with Gasteiger partial charge in [0.05, 0.1) is 11.8 Å². The van der Waals surface area contributed by atoms with E-state index in [2.05, 4.69) is 10.5 Å². The molecule has 5 N–H and O–H groups in total. The molecular formula is C14H13N3O3. The number of para-hydroxylation sites is 1. The molecule has 0 spiro atoms. The number of hydrogen-bond acceptors (Lipinski definition) is 5. The van der Waals surface area contributed by atoms with Crippen LogP contribution >= 0.6 is 0 Å². The minimum absolute atomic E-state index is 0.219. The molecule has 2 aromatic rings. The molecule has 0 fully saturated rings. The van der Waals surface area contributed by atoms with E-state index in [0.29, 0.717) is 16.8 Å². The van der Waals surface area contributed by atoms with E-state index in [4.69, 9.17) is 10.8 Å². The van der Waals surface area contributed by atoms with Crippen molar-refractivity contribution < 1.29 is 15.0 Å². The Kier molecular flexibility index (Phi) is 3.85. The van der Waals surface area contributed by atoms with Crippen LogP contribution in [-0.4, -0.2) is 22.3 Å². The number of hydrazone groups is 1. The first kappa shape index (κ1) is 13.4. The first-order valence-electron chi connectivity index (χ1n) is 5.78. The van der Waals surface area contributed by atoms with Crippen molar-refractivity contribution in [1.29, 1.82) is 0 Å². The van der Waals surface area contributed by atoms with Crippen LogP contribution in [0.5, 0.6) is 11.5 Å². The third-order valence-electron chi connectivity index (χ3n) is 2.58. The summed E-state index contributed by atoms with van der Waals surface area (Å²) in [5.41, 5.74) is 9.22. The Morgan fingerprint density at radius 1 is 1.15 bits per heavy atom. The molecule has 102 valence electrons. The number of hydrogen-bond donors (Lipinski definition) is 4. The zero-order chi connectivity index (χ0) is 14.5. The Bertz CT molecular complexity index is 668. The highest BCUT2D eigenvalue weighted by Crippen LogP contribution is 2.23. The molecule has 1 amide bonds. The van der Waals surface area contributed by atoms with E-state index >= 15 is 0 Å². The zero-order valence-electron chi connectivity index (χ0n) is 10.4. The average molecular weight is 271 g/mol. The molecule has 6 heteroatoms. The summed E-state index contributed by atoms with van der Waals surface area (Å²) in [6.45, 7) is 0. The van der Waals surface area contributed by atoms with Gasteiger partial charge in [0.15, 0.2) is 11.5 Å². The molecule has 20 heavy (non-hydrogen) atoms. The second-order valence-electron chi connectivity index (χ2n) is 4.03. The summed E-state index contributed by atoms with van der Waals surface area (Å²) in [7, 11) is 0. The molecule has 0 bridgehead atoms. The number of rotatable bonds is 3. The lowest BCUT2D eigenvalue weighted by atomic mass is 10.2. The number of anilines is 1. The number of carbonyl (C=O) groups excluding carboxylic acids is 1. The van der Waals surface area contributed by atoms with Crippen molar-refractivity contribution in [2.24, 2.45) is 5.10 Å². The average Bonchev–Trinajstić information content (AvgIpc) is 2.43. The Hall–Kier alpha value is -3.02. The second kappa shape index (κ2) is 5.75. The predicted molar refractivity (Wildman–Crippen MR) is 75.7 cm³/mol. The molecule has 0 saturated heterocycles. The van der Waals surface area contributed by atoms with Crippen molar-refractivity contribution in [3.05, 3.63) is 53.6 Å². The van der Waals surface area contributed by atoms with Crippen LogP contribution in [-0.2, 0) is 0 Å². The first-order valence-corrected chi connectivity index (χ1v) is 5.78. The van der Waals surface area contributed by atoms with Gasteiger partial charge in [-0.1, -0.05) is 12.1 Å². The molecule has 2 aromatic carbocycles. The summed E-state index contributed by atoms with van der Waals surface area (Å²) in [6.07, 6.45) is 1.34. The third-order valence-corrected chi connectivity index (χ3v) is 2.58. The van der Waals surface area contributed by atoms with Crippen LogP contribution in [0.25, 0.3) is 0 Å². The number of carbonyl (C=O) groups is 1. The lowest BCUT2D eigenvalue weighted by molar-refractivity contribution is 0.0956. The Morgan fingerprint density at radius 3 is 2.60 bits per heavy atom. The quantitative estimate of drug-likeness (QED) is 0.293. The van der Waals surface area contributed by atoms with Gasteiger partial charge in [0.2, 0.25) is 0 Å². The van der Waals surface area contributed by atoms with Crippen molar-refractivity contribution in [2.75, 3.05) is 5.73 Å². The van der Waals surface area contributed by atoms with Gasteiger partial charge < -0.3 is 15.9 Å². The maximum Gasteiger partial charge on any atom is 0.273 e. The summed E-state index contributed by atoms with van der Waals surface area (Å²) in [6, 6.07) is 10.8. The van der Waals surface area contributed by atoms with E-state index in [-0.39, 0.29) is 11.5 Å². The number of nitrogens with one attached hydrogen (secondary N) is 1. The number of nitrogen functional groups attached to an aromatic ring is 1. The van der Waals surface area contributed by atoms with Gasteiger partial charge in [0.1, 0.15) is 0 Å². The van der Waals surface area contributed by atoms with E-state index < -0.39 is 5.91 Å². The second-order valence-corrected chi connectivity index (χ2v) is 4.03. The van der Waals surface area contributed by atoms with Gasteiger partial charge in [-0.2, -0.15) is 5.10 Å². The molecule has 0 aliphatic carbocycles. The number of nitrogens with zero attached hydrogens (tertiary/aromatic N) is 1. The predicted octanol–water partition coefficient (Wildman–Crippen LogP) is 1.44. The van der Waals surface area contributed by atoms with Crippen molar-refractivity contribution in [3.8, 4) is 11.5 Å². The van der Waals surface area contributed by atoms with Crippen LogP contribution in [0.1, 0.15) is 15.9 Å². The number of amides is 1. The van der Waals surface area contributed by atoms with E-state index in [1.165, 1.54) is 18.3 Å². The van der Waals surface area contributed by atoms with Crippen molar-refractivity contribution in [3.63, 3.8) is 0 Å². The van der Waals surface area contributed by atoms with Crippen LogP contribution in [0.3, 0.4) is 0 Å². The van der Waals surface area contributed by atoms with Gasteiger partial charge in [-0.05, 0) is 35.9 Å². The molecule has 0 aliphatic rings. The van der Waals surface area contributed by atoms with E-state index in [1.807, 2.05) is 0 Å². The number of phenolic OH excluding ortho intramolecular Hbond substituents is 2. The fourth-order valence-corrected chi connectivity index (χ4v) is 1.55. The van der Waals surface area contributed by atoms with E-state index in [0.717, 1.165) is 0 Å². The van der Waals surface area contributed by atoms with E-state index in [1.54, 1.807) is 30.3 Å². The van der Waals surface area contributed by atoms with Crippen LogP contribution in [0, 0.1) is 0 Å². The zero-order valence-corrected chi connectivity index (χ0v) is 10.4. The molecule has 0 aliphatic heterocycles. The van der Waals surface area contributed by atoms with Crippen LogP contribution < -0.4 is 11.2 Å². The number of aromatic hydroxyl groups is 2. The van der Waals surface area contributed by atoms with Gasteiger partial charge in [-0.15, -0.1) is 0 Å². The maximum atomic E-state index is 11.8. The van der Waals surface area contributed by atoms with Crippen LogP contribution in [0.15, 0.2) is 47.6 Å². The number of benzene rings is 2. The van der Waals surface area contributed by atoms with Gasteiger partial charge in [-0.3, -0.25) is 4.79 Å². The minimum Gasteiger partial charge on any atom is -0.504 e. The van der Waals surface area contributed by atoms with Crippen molar-refractivity contribution in [1.82, 2.24) is 5.43 Å². The fourth-order valence-electron chi connectivity index (χ4n) is 1.55. The molecule has 0 heterocycles. The number of nitrogens with two attached hydrogens (primary N) is 1. The lowest BCUT2D eigenvalue weighted by Gasteiger charge is -2.03. The molecule has 0 unspecified atom stereocenters. The third kappa shape index (κ3) is 3.05. The lowest BCUT2D eigenvalue weighted by Crippen LogP contribution is -2.18. The van der Waals surface area contributed by atoms with Gasteiger partial charge in [0, 0.05) is 5.69 Å². The smallest absolute Gasteiger partial charge is 0.273 e. The Morgan fingerprint density at radius 2 is 1.90 bits per heavy atom. The topological polar surface area (TPSA) is 108 Å². The highest BCUT2D eigenvalue weighted by atomic mass is 16.3. The summed E-state index contributed by atoms with van der Waals surface area (Å²) in [4.78, 5) is 11.8. The molecule has 0 aromatic heterocycles. The minimum atomic E-state index is -0.428.